The number of piperidine rings is 1. The van der Waals surface area contributed by atoms with Crippen LogP contribution < -0.4 is 4.74 Å². The van der Waals surface area contributed by atoms with Gasteiger partial charge in [0.05, 0.1) is 13.7 Å². The van der Waals surface area contributed by atoms with Crippen LogP contribution in [0.3, 0.4) is 0 Å². The Labute approximate surface area is 166 Å². The molecule has 1 amide bonds. The fourth-order valence-corrected chi connectivity index (χ4v) is 4.27. The van der Waals surface area contributed by atoms with Crippen LogP contribution in [0.15, 0.2) is 24.3 Å². The molecule has 28 heavy (non-hydrogen) atoms. The van der Waals surface area contributed by atoms with Gasteiger partial charge in [0.25, 0.3) is 0 Å². The molecule has 1 aromatic heterocycles. The number of carbonyl (C=O) groups is 1. The first-order chi connectivity index (χ1) is 13.7. The van der Waals surface area contributed by atoms with E-state index in [2.05, 4.69) is 26.7 Å². The second-order valence-corrected chi connectivity index (χ2v) is 7.83. The van der Waals surface area contributed by atoms with E-state index < -0.39 is 0 Å². The van der Waals surface area contributed by atoms with Crippen molar-refractivity contribution >= 4 is 5.91 Å². The van der Waals surface area contributed by atoms with Crippen LogP contribution >= 0.6 is 0 Å². The molecule has 4 rings (SSSR count). The van der Waals surface area contributed by atoms with Crippen LogP contribution in [0.2, 0.25) is 0 Å². The highest BCUT2D eigenvalue weighted by Crippen LogP contribution is 2.28. The van der Waals surface area contributed by atoms with Gasteiger partial charge in [-0.3, -0.25) is 4.79 Å². The first-order valence-corrected chi connectivity index (χ1v) is 10.2. The Morgan fingerprint density at radius 3 is 2.71 bits per heavy atom. The smallest absolute Gasteiger partial charge is 0.223 e. The molecule has 0 unspecified atom stereocenters. The second-order valence-electron chi connectivity index (χ2n) is 7.83. The van der Waals surface area contributed by atoms with Gasteiger partial charge in [-0.05, 0) is 51.0 Å². The summed E-state index contributed by atoms with van der Waals surface area (Å²) >= 11 is 0. The minimum absolute atomic E-state index is 0.168. The standard InChI is InChI=1S/C21H29N5O2/c1-24-11-9-17(10-12-24)21-23-22-19-15-25(13-14-26(19)21)20(27)8-7-16-5-3-4-6-18(16)28-2/h3-6,17H,7-15H2,1-2H3. The molecule has 1 aromatic carbocycles. The normalized spacial score (nSPS) is 18.1. The number of aromatic nitrogens is 3. The van der Waals surface area contributed by atoms with Crippen LogP contribution in [0, 0.1) is 0 Å². The molecular weight excluding hydrogens is 354 g/mol. The minimum Gasteiger partial charge on any atom is -0.496 e. The Morgan fingerprint density at radius 1 is 1.14 bits per heavy atom. The van der Waals surface area contributed by atoms with E-state index in [1.807, 2.05) is 29.2 Å². The maximum absolute atomic E-state index is 12.7. The van der Waals surface area contributed by atoms with E-state index in [4.69, 9.17) is 4.74 Å². The van der Waals surface area contributed by atoms with Crippen molar-refractivity contribution in [3.63, 3.8) is 0 Å². The van der Waals surface area contributed by atoms with Gasteiger partial charge in [0.1, 0.15) is 11.6 Å². The van der Waals surface area contributed by atoms with Gasteiger partial charge in [-0.2, -0.15) is 0 Å². The number of aryl methyl sites for hydroxylation is 1. The van der Waals surface area contributed by atoms with Gasteiger partial charge in [0.2, 0.25) is 5.91 Å². The highest BCUT2D eigenvalue weighted by atomic mass is 16.5. The summed E-state index contributed by atoms with van der Waals surface area (Å²) in [7, 11) is 3.84. The van der Waals surface area contributed by atoms with Crippen LogP contribution in [0.1, 0.15) is 42.4 Å². The summed E-state index contributed by atoms with van der Waals surface area (Å²) < 4.78 is 7.64. The van der Waals surface area contributed by atoms with Crippen LogP contribution in [0.4, 0.5) is 0 Å². The number of para-hydroxylation sites is 1. The third-order valence-corrected chi connectivity index (χ3v) is 6.02. The van der Waals surface area contributed by atoms with Crippen LogP contribution in [-0.2, 0) is 24.3 Å². The van der Waals surface area contributed by atoms with Crippen LogP contribution in [0.25, 0.3) is 0 Å². The summed E-state index contributed by atoms with van der Waals surface area (Å²) in [6, 6.07) is 7.89. The predicted molar refractivity (Wildman–Crippen MR) is 106 cm³/mol. The Bertz CT molecular complexity index is 826. The Hall–Kier alpha value is -2.41. The van der Waals surface area contributed by atoms with E-state index in [9.17, 15) is 4.79 Å². The van der Waals surface area contributed by atoms with Crippen molar-refractivity contribution in [1.82, 2.24) is 24.6 Å². The topological polar surface area (TPSA) is 63.5 Å². The zero-order valence-corrected chi connectivity index (χ0v) is 16.8. The van der Waals surface area contributed by atoms with Crippen LogP contribution in [0.5, 0.6) is 5.75 Å². The monoisotopic (exact) mass is 383 g/mol. The maximum Gasteiger partial charge on any atom is 0.223 e. The number of nitrogens with zero attached hydrogens (tertiary/aromatic N) is 5. The molecule has 0 N–H and O–H groups in total. The molecular formula is C21H29N5O2. The number of hydrogen-bond acceptors (Lipinski definition) is 5. The maximum atomic E-state index is 12.7. The van der Waals surface area contributed by atoms with Crippen molar-refractivity contribution < 1.29 is 9.53 Å². The van der Waals surface area contributed by atoms with E-state index >= 15 is 0 Å². The molecule has 0 bridgehead atoms. The molecule has 1 saturated heterocycles. The number of ether oxygens (including phenoxy) is 1. The molecule has 150 valence electrons. The Kier molecular flexibility index (Phi) is 5.62. The van der Waals surface area contributed by atoms with Crippen molar-refractivity contribution in [2.75, 3.05) is 33.8 Å². The van der Waals surface area contributed by atoms with Crippen molar-refractivity contribution in [1.29, 1.82) is 0 Å². The number of hydrogen-bond donors (Lipinski definition) is 0. The van der Waals surface area contributed by atoms with E-state index in [1.165, 1.54) is 0 Å². The van der Waals surface area contributed by atoms with Gasteiger partial charge in [-0.1, -0.05) is 18.2 Å². The second kappa shape index (κ2) is 8.31. The number of likely N-dealkylation sites (tertiary alicyclic amines) is 1. The van der Waals surface area contributed by atoms with Gasteiger partial charge in [0, 0.05) is 25.4 Å². The lowest BCUT2D eigenvalue weighted by Crippen LogP contribution is -2.39. The molecule has 2 aliphatic rings. The Balaban J connectivity index is 1.37. The molecule has 0 radical (unpaired) electrons. The largest absolute Gasteiger partial charge is 0.496 e. The van der Waals surface area contributed by atoms with Crippen molar-refractivity contribution in [3.8, 4) is 5.75 Å². The molecule has 1 fully saturated rings. The quantitative estimate of drug-likeness (QED) is 0.791. The summed E-state index contributed by atoms with van der Waals surface area (Å²) in [5.41, 5.74) is 1.07. The van der Waals surface area contributed by atoms with Crippen LogP contribution in [-0.4, -0.2) is 64.3 Å². The highest BCUT2D eigenvalue weighted by molar-refractivity contribution is 5.76. The average molecular weight is 383 g/mol. The van der Waals surface area contributed by atoms with Crippen molar-refractivity contribution in [3.05, 3.63) is 41.5 Å². The van der Waals surface area contributed by atoms with Crippen molar-refractivity contribution in [2.24, 2.45) is 0 Å². The van der Waals surface area contributed by atoms with E-state index in [0.29, 0.717) is 25.3 Å². The van der Waals surface area contributed by atoms with Gasteiger partial charge in [-0.15, -0.1) is 10.2 Å². The van der Waals surface area contributed by atoms with Gasteiger partial charge in [0.15, 0.2) is 5.82 Å². The summed E-state index contributed by atoms with van der Waals surface area (Å²) in [5, 5.41) is 8.91. The molecule has 0 atom stereocenters. The molecule has 0 saturated carbocycles. The van der Waals surface area contributed by atoms with Gasteiger partial charge in [-0.25, -0.2) is 0 Å². The third kappa shape index (κ3) is 3.90. The van der Waals surface area contributed by atoms with Gasteiger partial charge < -0.3 is 19.1 Å². The summed E-state index contributed by atoms with van der Waals surface area (Å²) in [6.45, 7) is 4.31. The number of fused-ring (bicyclic) bond motifs is 1. The van der Waals surface area contributed by atoms with E-state index in [1.54, 1.807) is 7.11 Å². The number of carbonyl (C=O) groups excluding carboxylic acids is 1. The lowest BCUT2D eigenvalue weighted by Gasteiger charge is -2.31. The SMILES string of the molecule is COc1ccccc1CCC(=O)N1CCn2c(nnc2C2CCN(C)CC2)C1. The molecule has 2 aromatic rings. The average Bonchev–Trinajstić information content (AvgIpc) is 3.16. The number of amides is 1. The van der Waals surface area contributed by atoms with Gasteiger partial charge >= 0.3 is 0 Å². The zero-order chi connectivity index (χ0) is 19.5. The fraction of sp³-hybridized carbons (Fsp3) is 0.571. The van der Waals surface area contributed by atoms with E-state index in [-0.39, 0.29) is 5.91 Å². The van der Waals surface area contributed by atoms with Crippen molar-refractivity contribution in [2.45, 2.75) is 44.7 Å². The first kappa shape index (κ1) is 18.9. The summed E-state index contributed by atoms with van der Waals surface area (Å²) in [5.74, 6) is 3.54. The number of benzene rings is 1. The number of rotatable bonds is 5. The Morgan fingerprint density at radius 2 is 1.93 bits per heavy atom. The van der Waals surface area contributed by atoms with E-state index in [0.717, 1.165) is 62.0 Å². The zero-order valence-electron chi connectivity index (χ0n) is 16.8. The first-order valence-electron chi connectivity index (χ1n) is 10.2. The molecule has 0 aliphatic carbocycles. The summed E-state index contributed by atoms with van der Waals surface area (Å²) in [6.07, 6.45) is 3.44. The number of methoxy groups -OCH3 is 1. The fourth-order valence-electron chi connectivity index (χ4n) is 4.27. The predicted octanol–water partition coefficient (Wildman–Crippen LogP) is 2.07. The summed E-state index contributed by atoms with van der Waals surface area (Å²) in [4.78, 5) is 17.0. The third-order valence-electron chi connectivity index (χ3n) is 6.02. The molecule has 7 heteroatoms. The lowest BCUT2D eigenvalue weighted by molar-refractivity contribution is -0.132. The highest BCUT2D eigenvalue weighted by Gasteiger charge is 2.29. The minimum atomic E-state index is 0.168. The lowest BCUT2D eigenvalue weighted by atomic mass is 9.96. The molecule has 0 spiro atoms. The molecule has 2 aliphatic heterocycles. The molecule has 3 heterocycles. The molecule has 7 nitrogen and oxygen atoms in total.